The Hall–Kier alpha value is -4.57. The molecule has 0 saturated heterocycles. The number of hydrogen-bond acceptors (Lipinski definition) is 7. The van der Waals surface area contributed by atoms with Crippen LogP contribution in [0.15, 0.2) is 42.6 Å². The maximum Gasteiger partial charge on any atom is 0.417 e. The number of rotatable bonds is 6. The van der Waals surface area contributed by atoms with Gasteiger partial charge < -0.3 is 15.4 Å². The van der Waals surface area contributed by atoms with E-state index in [1.807, 2.05) is 6.92 Å². The summed E-state index contributed by atoms with van der Waals surface area (Å²) in [5.74, 6) is -1.36. The first-order chi connectivity index (χ1) is 22.5. The molecule has 49 heavy (non-hydrogen) atoms. The molecular formula is C32H32F9N5O3. The smallest absolute Gasteiger partial charge is 0.417 e. The van der Waals surface area contributed by atoms with Gasteiger partial charge in [-0.25, -0.2) is 19.7 Å². The SMILES string of the molecule is CC[C@@H]1C[C@H](Nc2ncc(C(=O)N(C)C(=O)OC(C)(C)C)c(Cc3cc(C(F)(F)F)cc(C(F)(F)F)c3)n2)c2cc(C(F)(F)F)ccc2N1. The normalized spacial score (nSPS) is 16.8. The summed E-state index contributed by atoms with van der Waals surface area (Å²) in [7, 11) is 1.05. The maximum absolute atomic E-state index is 13.6. The average Bonchev–Trinajstić information content (AvgIpc) is 2.97. The largest absolute Gasteiger partial charge is 0.443 e. The van der Waals surface area contributed by atoms with Crippen molar-refractivity contribution in [1.29, 1.82) is 0 Å². The van der Waals surface area contributed by atoms with Crippen molar-refractivity contribution >= 4 is 23.6 Å². The molecule has 0 unspecified atom stereocenters. The van der Waals surface area contributed by atoms with E-state index in [1.54, 1.807) is 0 Å². The van der Waals surface area contributed by atoms with Crippen LogP contribution in [0.2, 0.25) is 0 Å². The third-order valence-corrected chi connectivity index (χ3v) is 7.52. The van der Waals surface area contributed by atoms with E-state index < -0.39 is 76.4 Å². The van der Waals surface area contributed by atoms with E-state index in [0.717, 1.165) is 25.4 Å². The molecular weight excluding hydrogens is 673 g/mol. The number of hydrogen-bond donors (Lipinski definition) is 2. The number of alkyl halides is 9. The molecule has 2 amide bonds. The van der Waals surface area contributed by atoms with Gasteiger partial charge in [-0.1, -0.05) is 6.92 Å². The number of carbonyl (C=O) groups excluding carboxylic acids is 2. The molecule has 2 N–H and O–H groups in total. The summed E-state index contributed by atoms with van der Waals surface area (Å²) in [4.78, 5) is 35.0. The van der Waals surface area contributed by atoms with E-state index in [0.29, 0.717) is 29.1 Å². The molecule has 0 bridgehead atoms. The van der Waals surface area contributed by atoms with Gasteiger partial charge in [0.25, 0.3) is 5.91 Å². The molecule has 17 heteroatoms. The molecule has 0 fully saturated rings. The van der Waals surface area contributed by atoms with Crippen molar-refractivity contribution in [3.8, 4) is 0 Å². The fourth-order valence-electron chi connectivity index (χ4n) is 5.12. The lowest BCUT2D eigenvalue weighted by Crippen LogP contribution is -2.38. The van der Waals surface area contributed by atoms with Gasteiger partial charge in [0.15, 0.2) is 0 Å². The van der Waals surface area contributed by atoms with Gasteiger partial charge in [0.1, 0.15) is 5.60 Å². The van der Waals surface area contributed by atoms with Gasteiger partial charge in [0.2, 0.25) is 5.95 Å². The van der Waals surface area contributed by atoms with Gasteiger partial charge in [-0.15, -0.1) is 0 Å². The van der Waals surface area contributed by atoms with Crippen LogP contribution in [-0.4, -0.2) is 45.6 Å². The Morgan fingerprint density at radius 2 is 1.51 bits per heavy atom. The number of amides is 2. The Labute approximate surface area is 275 Å². The lowest BCUT2D eigenvalue weighted by atomic mass is 9.90. The Morgan fingerprint density at radius 1 is 0.918 bits per heavy atom. The van der Waals surface area contributed by atoms with Gasteiger partial charge in [-0.05, 0) is 81.1 Å². The van der Waals surface area contributed by atoms with Gasteiger partial charge in [0, 0.05) is 31.4 Å². The maximum atomic E-state index is 13.6. The average molecular weight is 706 g/mol. The molecule has 4 rings (SSSR count). The lowest BCUT2D eigenvalue weighted by Gasteiger charge is -2.34. The fourth-order valence-corrected chi connectivity index (χ4v) is 5.12. The molecule has 2 aromatic carbocycles. The molecule has 8 nitrogen and oxygen atoms in total. The second-order valence-electron chi connectivity index (χ2n) is 12.5. The van der Waals surface area contributed by atoms with Gasteiger partial charge in [-0.2, -0.15) is 39.5 Å². The summed E-state index contributed by atoms with van der Waals surface area (Å²) in [5, 5.41) is 6.08. The van der Waals surface area contributed by atoms with Crippen molar-refractivity contribution in [3.63, 3.8) is 0 Å². The minimum absolute atomic E-state index is 0.0489. The lowest BCUT2D eigenvalue weighted by molar-refractivity contribution is -0.143. The molecule has 0 radical (unpaired) electrons. The standard InChI is InChI=1S/C32H32F9N5O3/c1-6-20-14-25(21-13-17(30(33,34)35)7-8-23(21)43-20)45-27-42-15-22(26(47)46(5)28(48)49-29(2,3)4)24(44-27)11-16-9-18(31(36,37)38)12-19(10-16)32(39,40)41/h7-10,12-13,15,20,25,43H,6,11,14H2,1-5H3,(H,42,44,45)/t20-,25+/m1/s1. The van der Waals surface area contributed by atoms with Crippen LogP contribution in [0.4, 0.5) is 55.9 Å². The number of halogens is 9. The van der Waals surface area contributed by atoms with Crippen LogP contribution in [0, 0.1) is 0 Å². The van der Waals surface area contributed by atoms with Crippen molar-refractivity contribution < 1.29 is 53.8 Å². The minimum Gasteiger partial charge on any atom is -0.443 e. The number of benzene rings is 2. The molecule has 0 saturated carbocycles. The Bertz CT molecular complexity index is 1680. The molecule has 0 aliphatic carbocycles. The second kappa shape index (κ2) is 13.4. The summed E-state index contributed by atoms with van der Waals surface area (Å²) >= 11 is 0. The minimum atomic E-state index is -5.16. The summed E-state index contributed by atoms with van der Waals surface area (Å²) in [5.41, 5.74) is -5.86. The van der Waals surface area contributed by atoms with Gasteiger partial charge in [-0.3, -0.25) is 4.79 Å². The van der Waals surface area contributed by atoms with Crippen LogP contribution < -0.4 is 10.6 Å². The van der Waals surface area contributed by atoms with Gasteiger partial charge in [0.05, 0.1) is 34.0 Å². The van der Waals surface area contributed by atoms with E-state index in [1.165, 1.54) is 26.8 Å². The predicted octanol–water partition coefficient (Wildman–Crippen LogP) is 8.88. The molecule has 0 spiro atoms. The van der Waals surface area contributed by atoms with Crippen molar-refractivity contribution in [2.45, 2.75) is 83.2 Å². The van der Waals surface area contributed by atoms with Crippen LogP contribution >= 0.6 is 0 Å². The highest BCUT2D eigenvalue weighted by atomic mass is 19.4. The van der Waals surface area contributed by atoms with E-state index in [-0.39, 0.29) is 35.7 Å². The van der Waals surface area contributed by atoms with E-state index in [9.17, 15) is 49.1 Å². The van der Waals surface area contributed by atoms with Crippen LogP contribution in [-0.2, 0) is 29.7 Å². The Balaban J connectivity index is 1.81. The van der Waals surface area contributed by atoms with Crippen LogP contribution in [0.3, 0.4) is 0 Å². The zero-order chi connectivity index (χ0) is 36.7. The summed E-state index contributed by atoms with van der Waals surface area (Å²) in [6.07, 6.45) is -15.1. The number of fused-ring (bicyclic) bond motifs is 1. The number of nitrogens with zero attached hydrogens (tertiary/aromatic N) is 3. The molecule has 1 aliphatic heterocycles. The highest BCUT2D eigenvalue weighted by Crippen LogP contribution is 2.40. The second-order valence-corrected chi connectivity index (χ2v) is 12.5. The zero-order valence-corrected chi connectivity index (χ0v) is 26.8. The molecule has 2 atom stereocenters. The zero-order valence-electron chi connectivity index (χ0n) is 26.8. The number of imide groups is 1. The predicted molar refractivity (Wildman–Crippen MR) is 160 cm³/mol. The highest BCUT2D eigenvalue weighted by molar-refractivity contribution is 6.03. The first-order valence-corrected chi connectivity index (χ1v) is 14.9. The van der Waals surface area contributed by atoms with E-state index in [4.69, 9.17) is 4.74 Å². The quantitative estimate of drug-likeness (QED) is 0.248. The molecule has 3 aromatic rings. The highest BCUT2D eigenvalue weighted by Gasteiger charge is 2.38. The van der Waals surface area contributed by atoms with Crippen molar-refractivity contribution in [2.24, 2.45) is 0 Å². The first kappa shape index (κ1) is 37.3. The topological polar surface area (TPSA) is 96.5 Å². The third kappa shape index (κ3) is 9.12. The third-order valence-electron chi connectivity index (χ3n) is 7.52. The Kier molecular flexibility index (Phi) is 10.2. The Morgan fingerprint density at radius 3 is 2.04 bits per heavy atom. The van der Waals surface area contributed by atoms with E-state index in [2.05, 4.69) is 20.6 Å². The first-order valence-electron chi connectivity index (χ1n) is 14.9. The van der Waals surface area contributed by atoms with Crippen molar-refractivity contribution in [1.82, 2.24) is 14.9 Å². The van der Waals surface area contributed by atoms with Crippen molar-refractivity contribution in [2.75, 3.05) is 17.7 Å². The fraction of sp³-hybridized carbons (Fsp3) is 0.438. The number of anilines is 2. The number of nitrogens with one attached hydrogen (secondary N) is 2. The van der Waals surface area contributed by atoms with Crippen LogP contribution in [0.1, 0.15) is 90.4 Å². The molecule has 2 heterocycles. The van der Waals surface area contributed by atoms with Gasteiger partial charge >= 0.3 is 24.6 Å². The van der Waals surface area contributed by atoms with E-state index >= 15 is 0 Å². The summed E-state index contributed by atoms with van der Waals surface area (Å²) < 4.78 is 128. The summed E-state index contributed by atoms with van der Waals surface area (Å²) in [6.45, 7) is 6.45. The number of aromatic nitrogens is 2. The van der Waals surface area contributed by atoms with Crippen molar-refractivity contribution in [3.05, 3.63) is 81.7 Å². The molecule has 266 valence electrons. The van der Waals surface area contributed by atoms with Crippen LogP contribution in [0.25, 0.3) is 0 Å². The number of carbonyl (C=O) groups is 2. The van der Waals surface area contributed by atoms with Crippen LogP contribution in [0.5, 0.6) is 0 Å². The summed E-state index contributed by atoms with van der Waals surface area (Å²) in [6, 6.07) is 3.02. The molecule has 1 aliphatic rings. The number of ether oxygens (including phenoxy) is 1. The monoisotopic (exact) mass is 705 g/mol. The molecule has 1 aromatic heterocycles.